The summed E-state index contributed by atoms with van der Waals surface area (Å²) in [6.07, 6.45) is 0.377. The summed E-state index contributed by atoms with van der Waals surface area (Å²) < 4.78 is 10.4. The van der Waals surface area contributed by atoms with Gasteiger partial charge < -0.3 is 19.3 Å². The first-order valence-corrected chi connectivity index (χ1v) is 9.61. The quantitative estimate of drug-likeness (QED) is 0.706. The van der Waals surface area contributed by atoms with Crippen LogP contribution >= 0.6 is 11.6 Å². The van der Waals surface area contributed by atoms with Gasteiger partial charge in [0.2, 0.25) is 5.91 Å². The molecule has 3 rings (SSSR count). The molecular weight excluding hydrogens is 370 g/mol. The Morgan fingerprint density at radius 3 is 2.85 bits per heavy atom. The van der Waals surface area contributed by atoms with E-state index < -0.39 is 0 Å². The fourth-order valence-electron chi connectivity index (χ4n) is 3.62. The molecule has 1 aromatic rings. The second kappa shape index (κ2) is 8.80. The monoisotopic (exact) mass is 395 g/mol. The van der Waals surface area contributed by atoms with Gasteiger partial charge in [0.05, 0.1) is 32.3 Å². The van der Waals surface area contributed by atoms with Gasteiger partial charge >= 0.3 is 5.97 Å². The highest BCUT2D eigenvalue weighted by Crippen LogP contribution is 2.33. The van der Waals surface area contributed by atoms with Crippen LogP contribution in [0.4, 0.5) is 5.69 Å². The zero-order valence-electron chi connectivity index (χ0n) is 15.8. The molecular formula is C19H26ClN3O4. The predicted octanol–water partition coefficient (Wildman–Crippen LogP) is 1.63. The smallest absolute Gasteiger partial charge is 0.306 e. The summed E-state index contributed by atoms with van der Waals surface area (Å²) in [5.41, 5.74) is 0.867. The third-order valence-corrected chi connectivity index (χ3v) is 5.33. The number of fused-ring (bicyclic) bond motifs is 1. The van der Waals surface area contributed by atoms with Gasteiger partial charge in [-0.05, 0) is 25.1 Å². The van der Waals surface area contributed by atoms with Crippen LogP contribution in [-0.2, 0) is 14.3 Å². The molecule has 1 atom stereocenters. The van der Waals surface area contributed by atoms with Gasteiger partial charge in [0.15, 0.2) is 0 Å². The van der Waals surface area contributed by atoms with Gasteiger partial charge in [-0.2, -0.15) is 0 Å². The number of piperazine rings is 1. The number of methoxy groups -OCH3 is 1. The molecule has 0 saturated carbocycles. The molecule has 1 aromatic carbocycles. The molecule has 0 aliphatic carbocycles. The van der Waals surface area contributed by atoms with Gasteiger partial charge in [0.1, 0.15) is 12.4 Å². The van der Waals surface area contributed by atoms with E-state index in [4.69, 9.17) is 21.1 Å². The number of hydrogen-bond acceptors (Lipinski definition) is 6. The number of esters is 1. The molecule has 0 radical (unpaired) electrons. The molecule has 1 amide bonds. The van der Waals surface area contributed by atoms with E-state index in [2.05, 4.69) is 4.90 Å². The van der Waals surface area contributed by atoms with Gasteiger partial charge in [0.25, 0.3) is 0 Å². The van der Waals surface area contributed by atoms with Gasteiger partial charge in [-0.15, -0.1) is 0 Å². The third kappa shape index (κ3) is 4.84. The summed E-state index contributed by atoms with van der Waals surface area (Å²) in [4.78, 5) is 30.4. The van der Waals surface area contributed by atoms with Crippen molar-refractivity contribution in [3.05, 3.63) is 23.2 Å². The van der Waals surface area contributed by atoms with Crippen LogP contribution in [0.5, 0.6) is 5.75 Å². The normalized spacial score (nSPS) is 20.0. The molecule has 2 heterocycles. The summed E-state index contributed by atoms with van der Waals surface area (Å²) >= 11 is 6.11. The number of hydrogen-bond donors (Lipinski definition) is 0. The molecule has 148 valence electrons. The highest BCUT2D eigenvalue weighted by molar-refractivity contribution is 6.31. The Kier molecular flexibility index (Phi) is 6.44. The Morgan fingerprint density at radius 1 is 1.30 bits per heavy atom. The lowest BCUT2D eigenvalue weighted by atomic mass is 10.1. The lowest BCUT2D eigenvalue weighted by molar-refractivity contribution is -0.142. The maximum atomic E-state index is 12.9. The molecule has 2 aliphatic heterocycles. The van der Waals surface area contributed by atoms with E-state index in [0.29, 0.717) is 44.2 Å². The molecule has 0 spiro atoms. The van der Waals surface area contributed by atoms with Crippen molar-refractivity contribution in [2.45, 2.75) is 19.4 Å². The van der Waals surface area contributed by atoms with Crippen molar-refractivity contribution >= 4 is 29.2 Å². The number of anilines is 1. The average Bonchev–Trinajstić information content (AvgIpc) is 2.66. The van der Waals surface area contributed by atoms with Gasteiger partial charge in [-0.1, -0.05) is 11.6 Å². The van der Waals surface area contributed by atoms with E-state index in [1.54, 1.807) is 6.07 Å². The molecule has 0 aromatic heterocycles. The van der Waals surface area contributed by atoms with Gasteiger partial charge in [-0.3, -0.25) is 14.5 Å². The maximum absolute atomic E-state index is 12.9. The molecule has 1 saturated heterocycles. The third-order valence-electron chi connectivity index (χ3n) is 5.10. The van der Waals surface area contributed by atoms with Crippen molar-refractivity contribution in [2.24, 2.45) is 0 Å². The van der Waals surface area contributed by atoms with Crippen LogP contribution in [0.1, 0.15) is 13.3 Å². The standard InChI is InChI=1S/C19H26ClN3O4/c1-14-12-21(6-5-19(25)26-2)7-8-23(14)18(24)13-22-9-10-27-17-4-3-15(20)11-16(17)22/h3-4,11,14H,5-10,12-13H2,1-2H3/t14-/m0/s1. The van der Waals surface area contributed by atoms with E-state index >= 15 is 0 Å². The van der Waals surface area contributed by atoms with Crippen LogP contribution in [0.3, 0.4) is 0 Å². The summed E-state index contributed by atoms with van der Waals surface area (Å²) in [5.74, 6) is 0.660. The van der Waals surface area contributed by atoms with Crippen LogP contribution in [0.25, 0.3) is 0 Å². The molecule has 0 bridgehead atoms. The minimum atomic E-state index is -0.203. The molecule has 0 N–H and O–H groups in total. The summed E-state index contributed by atoms with van der Waals surface area (Å²) in [7, 11) is 1.40. The molecule has 8 heteroatoms. The van der Waals surface area contributed by atoms with Crippen LogP contribution < -0.4 is 9.64 Å². The molecule has 1 fully saturated rings. The number of ether oxygens (including phenoxy) is 2. The fraction of sp³-hybridized carbons (Fsp3) is 0.579. The van der Waals surface area contributed by atoms with Crippen molar-refractivity contribution in [3.63, 3.8) is 0 Å². The fourth-order valence-corrected chi connectivity index (χ4v) is 3.79. The van der Waals surface area contributed by atoms with Crippen LogP contribution in [0.15, 0.2) is 18.2 Å². The minimum absolute atomic E-state index is 0.0999. The summed E-state index contributed by atoms with van der Waals surface area (Å²) in [6.45, 7) is 6.41. The number of benzene rings is 1. The SMILES string of the molecule is COC(=O)CCN1CCN(C(=O)CN2CCOc3ccc(Cl)cc32)[C@@H](C)C1. The van der Waals surface area contributed by atoms with E-state index in [1.807, 2.05) is 28.9 Å². The van der Waals surface area contributed by atoms with Crippen molar-refractivity contribution in [3.8, 4) is 5.75 Å². The molecule has 7 nitrogen and oxygen atoms in total. The lowest BCUT2D eigenvalue weighted by Gasteiger charge is -2.41. The van der Waals surface area contributed by atoms with E-state index in [1.165, 1.54) is 7.11 Å². The largest absolute Gasteiger partial charge is 0.490 e. The number of rotatable bonds is 5. The van der Waals surface area contributed by atoms with Gasteiger partial charge in [0, 0.05) is 37.2 Å². The predicted molar refractivity (Wildman–Crippen MR) is 103 cm³/mol. The Bertz CT molecular complexity index is 700. The zero-order valence-corrected chi connectivity index (χ0v) is 16.6. The average molecular weight is 396 g/mol. The van der Waals surface area contributed by atoms with E-state index in [9.17, 15) is 9.59 Å². The number of nitrogens with zero attached hydrogens (tertiary/aromatic N) is 3. The van der Waals surface area contributed by atoms with Crippen LogP contribution in [0.2, 0.25) is 5.02 Å². The number of amides is 1. The van der Waals surface area contributed by atoms with Crippen molar-refractivity contribution in [2.75, 3.05) is 57.9 Å². The Balaban J connectivity index is 1.57. The van der Waals surface area contributed by atoms with Crippen LogP contribution in [0, 0.1) is 0 Å². The second-order valence-electron chi connectivity index (χ2n) is 6.94. The van der Waals surface area contributed by atoms with Crippen molar-refractivity contribution < 1.29 is 19.1 Å². The Hall–Kier alpha value is -1.99. The molecule has 0 unspecified atom stereocenters. The number of halogens is 1. The number of carbonyl (C=O) groups is 2. The Labute approximate surface area is 164 Å². The second-order valence-corrected chi connectivity index (χ2v) is 7.38. The zero-order chi connectivity index (χ0) is 19.4. The highest BCUT2D eigenvalue weighted by atomic mass is 35.5. The highest BCUT2D eigenvalue weighted by Gasteiger charge is 2.29. The summed E-state index contributed by atoms with van der Waals surface area (Å²) in [6, 6.07) is 5.58. The first-order valence-electron chi connectivity index (χ1n) is 9.24. The van der Waals surface area contributed by atoms with Gasteiger partial charge in [-0.25, -0.2) is 0 Å². The topological polar surface area (TPSA) is 62.3 Å². The molecule has 2 aliphatic rings. The minimum Gasteiger partial charge on any atom is -0.490 e. The van der Waals surface area contributed by atoms with E-state index in [0.717, 1.165) is 24.5 Å². The maximum Gasteiger partial charge on any atom is 0.306 e. The lowest BCUT2D eigenvalue weighted by Crippen LogP contribution is -2.56. The first kappa shape index (κ1) is 19.8. The van der Waals surface area contributed by atoms with E-state index in [-0.39, 0.29) is 17.9 Å². The van der Waals surface area contributed by atoms with Crippen LogP contribution in [-0.4, -0.2) is 80.7 Å². The Morgan fingerprint density at radius 2 is 2.11 bits per heavy atom. The molecule has 27 heavy (non-hydrogen) atoms. The van der Waals surface area contributed by atoms with Crippen molar-refractivity contribution in [1.29, 1.82) is 0 Å². The first-order chi connectivity index (χ1) is 13.0. The summed E-state index contributed by atoms with van der Waals surface area (Å²) in [5, 5.41) is 0.629. The number of carbonyl (C=O) groups excluding carboxylic acids is 2. The van der Waals surface area contributed by atoms with Crippen molar-refractivity contribution in [1.82, 2.24) is 9.80 Å².